The quantitative estimate of drug-likeness (QED) is 0.743. The number of hydrogen-bond acceptors (Lipinski definition) is 3. The number of rotatable bonds is 1. The van der Waals surface area contributed by atoms with E-state index in [1.165, 1.54) is 0 Å². The van der Waals surface area contributed by atoms with Crippen molar-refractivity contribution in [1.29, 1.82) is 0 Å². The minimum atomic E-state index is 0.0416. The molecule has 0 saturated heterocycles. The fourth-order valence-electron chi connectivity index (χ4n) is 3.13. The van der Waals surface area contributed by atoms with Crippen molar-refractivity contribution < 1.29 is 0 Å². The Morgan fingerprint density at radius 3 is 2.90 bits per heavy atom. The molecule has 106 valence electrons. The fraction of sp³-hybridized carbons (Fsp3) is 0.312. The normalized spacial score (nSPS) is 14.3. The van der Waals surface area contributed by atoms with Crippen LogP contribution < -0.4 is 5.56 Å². The summed E-state index contributed by atoms with van der Waals surface area (Å²) in [7, 11) is 0. The lowest BCUT2D eigenvalue weighted by molar-refractivity contribution is 0.651. The summed E-state index contributed by atoms with van der Waals surface area (Å²) in [6, 6.07) is 5.78. The molecule has 5 nitrogen and oxygen atoms in total. The Morgan fingerprint density at radius 2 is 2.10 bits per heavy atom. The molecular formula is C16H16N4O. The number of hydrogen-bond donors (Lipinski definition) is 1. The van der Waals surface area contributed by atoms with Crippen LogP contribution in [0.25, 0.3) is 16.9 Å². The lowest BCUT2D eigenvalue weighted by Gasteiger charge is -2.13. The van der Waals surface area contributed by atoms with E-state index in [9.17, 15) is 4.79 Å². The molecule has 0 spiro atoms. The Kier molecular flexibility index (Phi) is 2.67. The second-order valence-electron chi connectivity index (χ2n) is 5.54. The number of pyridine rings is 1. The van der Waals surface area contributed by atoms with Crippen molar-refractivity contribution in [2.45, 2.75) is 32.6 Å². The topological polar surface area (TPSA) is 63.0 Å². The van der Waals surface area contributed by atoms with Crippen LogP contribution in [0.5, 0.6) is 0 Å². The van der Waals surface area contributed by atoms with Gasteiger partial charge in [0.2, 0.25) is 0 Å². The Balaban J connectivity index is 2.07. The summed E-state index contributed by atoms with van der Waals surface area (Å²) in [5.41, 5.74) is 5.24. The highest BCUT2D eigenvalue weighted by molar-refractivity contribution is 5.77. The average molecular weight is 280 g/mol. The summed E-state index contributed by atoms with van der Waals surface area (Å²) in [6.45, 7) is 1.96. The molecule has 1 aliphatic rings. The van der Waals surface area contributed by atoms with Gasteiger partial charge in [0.1, 0.15) is 0 Å². The van der Waals surface area contributed by atoms with Gasteiger partial charge in [0.05, 0.1) is 17.0 Å². The molecule has 0 aromatic carbocycles. The second kappa shape index (κ2) is 4.55. The van der Waals surface area contributed by atoms with Gasteiger partial charge in [0, 0.05) is 17.5 Å². The predicted octanol–water partition coefficient (Wildman–Crippen LogP) is 2.27. The third-order valence-corrected chi connectivity index (χ3v) is 4.15. The van der Waals surface area contributed by atoms with Gasteiger partial charge in [-0.1, -0.05) is 6.07 Å². The van der Waals surface area contributed by atoms with Crippen molar-refractivity contribution in [2.24, 2.45) is 0 Å². The molecular weight excluding hydrogens is 264 g/mol. The van der Waals surface area contributed by atoms with E-state index in [1.54, 1.807) is 10.7 Å². The maximum Gasteiger partial charge on any atom is 0.276 e. The lowest BCUT2D eigenvalue weighted by Crippen LogP contribution is -2.25. The van der Waals surface area contributed by atoms with Crippen molar-refractivity contribution in [2.75, 3.05) is 0 Å². The van der Waals surface area contributed by atoms with Crippen LogP contribution in [-0.4, -0.2) is 19.6 Å². The van der Waals surface area contributed by atoms with Crippen LogP contribution in [0.3, 0.4) is 0 Å². The van der Waals surface area contributed by atoms with Gasteiger partial charge in [-0.05, 0) is 44.7 Å². The van der Waals surface area contributed by atoms with Gasteiger partial charge in [-0.15, -0.1) is 0 Å². The molecule has 1 aliphatic carbocycles. The molecule has 0 saturated carbocycles. The summed E-state index contributed by atoms with van der Waals surface area (Å²) in [4.78, 5) is 21.8. The first-order chi connectivity index (χ1) is 10.3. The van der Waals surface area contributed by atoms with Crippen LogP contribution in [0.1, 0.15) is 29.8 Å². The van der Waals surface area contributed by atoms with Gasteiger partial charge < -0.3 is 0 Å². The summed E-state index contributed by atoms with van der Waals surface area (Å²) < 4.78 is 1.57. The van der Waals surface area contributed by atoms with Crippen LogP contribution >= 0.6 is 0 Å². The molecule has 0 radical (unpaired) electrons. The number of H-pyrrole nitrogens is 1. The van der Waals surface area contributed by atoms with Crippen LogP contribution in [0, 0.1) is 6.92 Å². The van der Waals surface area contributed by atoms with Crippen molar-refractivity contribution in [3.63, 3.8) is 0 Å². The predicted molar refractivity (Wildman–Crippen MR) is 80.4 cm³/mol. The maximum absolute atomic E-state index is 12.6. The highest BCUT2D eigenvalue weighted by Gasteiger charge is 2.21. The summed E-state index contributed by atoms with van der Waals surface area (Å²) in [6.07, 6.45) is 5.67. The monoisotopic (exact) mass is 280 g/mol. The molecule has 3 heterocycles. The molecule has 21 heavy (non-hydrogen) atoms. The number of nitrogens with one attached hydrogen (secondary N) is 1. The Labute approximate surface area is 121 Å². The van der Waals surface area contributed by atoms with Crippen LogP contribution in [0.4, 0.5) is 0 Å². The van der Waals surface area contributed by atoms with Gasteiger partial charge in [-0.25, -0.2) is 9.50 Å². The number of aromatic amines is 1. The van der Waals surface area contributed by atoms with Crippen molar-refractivity contribution in [1.82, 2.24) is 19.6 Å². The SMILES string of the molecule is Cc1[nH]n2c(=O)c3c(nc2c1-c1ccccn1)CCCC3. The van der Waals surface area contributed by atoms with Gasteiger partial charge in [0.15, 0.2) is 5.65 Å². The maximum atomic E-state index is 12.6. The van der Waals surface area contributed by atoms with E-state index in [4.69, 9.17) is 4.98 Å². The van der Waals surface area contributed by atoms with E-state index in [0.29, 0.717) is 5.65 Å². The Morgan fingerprint density at radius 1 is 1.24 bits per heavy atom. The number of fused-ring (bicyclic) bond motifs is 2. The van der Waals surface area contributed by atoms with E-state index in [2.05, 4.69) is 10.1 Å². The van der Waals surface area contributed by atoms with E-state index in [0.717, 1.165) is 53.9 Å². The van der Waals surface area contributed by atoms with Gasteiger partial charge in [-0.2, -0.15) is 0 Å². The lowest BCUT2D eigenvalue weighted by atomic mass is 9.97. The number of nitrogens with zero attached hydrogens (tertiary/aromatic N) is 3. The average Bonchev–Trinajstić information content (AvgIpc) is 2.85. The first-order valence-corrected chi connectivity index (χ1v) is 7.30. The molecule has 0 bridgehead atoms. The molecule has 4 rings (SSSR count). The van der Waals surface area contributed by atoms with Crippen molar-refractivity contribution >= 4 is 5.65 Å². The van der Waals surface area contributed by atoms with E-state index in [1.807, 2.05) is 25.1 Å². The third-order valence-electron chi connectivity index (χ3n) is 4.15. The molecule has 0 unspecified atom stereocenters. The van der Waals surface area contributed by atoms with Gasteiger partial charge in [0.25, 0.3) is 5.56 Å². The molecule has 3 aromatic rings. The van der Waals surface area contributed by atoms with Crippen molar-refractivity contribution in [3.05, 3.63) is 51.7 Å². The van der Waals surface area contributed by atoms with E-state index in [-0.39, 0.29) is 5.56 Å². The van der Waals surface area contributed by atoms with Crippen molar-refractivity contribution in [3.8, 4) is 11.3 Å². The largest absolute Gasteiger partial charge is 0.293 e. The smallest absolute Gasteiger partial charge is 0.276 e. The molecule has 0 atom stereocenters. The molecule has 0 aliphatic heterocycles. The van der Waals surface area contributed by atoms with Crippen LogP contribution in [-0.2, 0) is 12.8 Å². The second-order valence-corrected chi connectivity index (χ2v) is 5.54. The van der Waals surface area contributed by atoms with E-state index < -0.39 is 0 Å². The Bertz CT molecular complexity index is 877. The first kappa shape index (κ1) is 12.3. The molecule has 5 heteroatoms. The summed E-state index contributed by atoms with van der Waals surface area (Å²) in [5, 5.41) is 3.15. The van der Waals surface area contributed by atoms with Gasteiger partial charge >= 0.3 is 0 Å². The molecule has 0 amide bonds. The zero-order valence-electron chi connectivity index (χ0n) is 11.9. The third kappa shape index (κ3) is 1.81. The highest BCUT2D eigenvalue weighted by atomic mass is 16.1. The standard InChI is InChI=1S/C16H16N4O/c1-10-14(13-8-4-5-9-17-13)15-18-12-7-3-2-6-11(12)16(21)20(15)19-10/h4-5,8-9,19H,2-3,6-7H2,1H3. The summed E-state index contributed by atoms with van der Waals surface area (Å²) >= 11 is 0. The van der Waals surface area contributed by atoms with E-state index >= 15 is 0 Å². The first-order valence-electron chi connectivity index (χ1n) is 7.30. The summed E-state index contributed by atoms with van der Waals surface area (Å²) in [5.74, 6) is 0. The fourth-order valence-corrected chi connectivity index (χ4v) is 3.13. The van der Waals surface area contributed by atoms with Gasteiger partial charge in [-0.3, -0.25) is 14.9 Å². The minimum Gasteiger partial charge on any atom is -0.293 e. The Hall–Kier alpha value is -2.43. The van der Waals surface area contributed by atoms with Crippen LogP contribution in [0.2, 0.25) is 0 Å². The zero-order valence-corrected chi connectivity index (χ0v) is 11.9. The number of aromatic nitrogens is 4. The molecule has 3 aromatic heterocycles. The molecule has 0 fully saturated rings. The molecule has 1 N–H and O–H groups in total. The zero-order chi connectivity index (χ0) is 14.4. The van der Waals surface area contributed by atoms with Crippen LogP contribution in [0.15, 0.2) is 29.2 Å². The highest BCUT2D eigenvalue weighted by Crippen LogP contribution is 2.26. The number of aryl methyl sites for hydroxylation is 2. The minimum absolute atomic E-state index is 0.0416.